The van der Waals surface area contributed by atoms with Crippen LogP contribution in [0.2, 0.25) is 0 Å². The zero-order chi connectivity index (χ0) is 21.4. The average Bonchev–Trinajstić information content (AvgIpc) is 2.67. The van der Waals surface area contributed by atoms with Gasteiger partial charge in [0.25, 0.3) is 0 Å². The SMILES string of the molecule is CCC1(S(=O)(=O)c2cccc(C(F)(F)F)c2)CCOC(c2ccc(C)nc2C)C1. The molecule has 0 saturated carbocycles. The van der Waals surface area contributed by atoms with Gasteiger partial charge in [0.05, 0.1) is 21.3 Å². The standard InChI is InChI=1S/C21H24F3NO3S/c1-4-20(29(26,27)17-7-5-6-16(12-17)21(22,23)24)10-11-28-19(13-20)18-9-8-14(2)25-15(18)3/h5-9,12,19H,4,10-11,13H2,1-3H3. The molecule has 1 fully saturated rings. The summed E-state index contributed by atoms with van der Waals surface area (Å²) in [7, 11) is -4.02. The van der Waals surface area contributed by atoms with Crippen LogP contribution >= 0.6 is 0 Å². The first kappa shape index (κ1) is 21.8. The number of hydrogen-bond donors (Lipinski definition) is 0. The van der Waals surface area contributed by atoms with E-state index in [0.717, 1.165) is 35.2 Å². The van der Waals surface area contributed by atoms with Gasteiger partial charge in [-0.05, 0) is 57.4 Å². The highest BCUT2D eigenvalue weighted by molar-refractivity contribution is 7.92. The molecule has 8 heteroatoms. The highest BCUT2D eigenvalue weighted by Gasteiger charge is 2.48. The van der Waals surface area contributed by atoms with Gasteiger partial charge < -0.3 is 4.74 Å². The number of aromatic nitrogens is 1. The molecule has 0 amide bonds. The molecule has 1 aromatic heterocycles. The number of alkyl halides is 3. The first-order valence-corrected chi connectivity index (χ1v) is 11.0. The van der Waals surface area contributed by atoms with Crippen molar-refractivity contribution in [2.75, 3.05) is 6.61 Å². The molecule has 1 saturated heterocycles. The Morgan fingerprint density at radius 1 is 1.21 bits per heavy atom. The molecule has 1 aromatic carbocycles. The molecule has 0 spiro atoms. The maximum absolute atomic E-state index is 13.5. The minimum absolute atomic E-state index is 0.174. The fourth-order valence-electron chi connectivity index (χ4n) is 3.97. The lowest BCUT2D eigenvalue weighted by Crippen LogP contribution is -2.44. The molecule has 4 nitrogen and oxygen atoms in total. The number of hydrogen-bond acceptors (Lipinski definition) is 4. The van der Waals surface area contributed by atoms with E-state index in [4.69, 9.17) is 4.74 Å². The van der Waals surface area contributed by atoms with Crippen LogP contribution < -0.4 is 0 Å². The minimum atomic E-state index is -4.60. The molecule has 0 bridgehead atoms. The summed E-state index contributed by atoms with van der Waals surface area (Å²) >= 11 is 0. The molecule has 1 aliphatic rings. The Kier molecular flexibility index (Phi) is 5.80. The third-order valence-corrected chi connectivity index (χ3v) is 8.41. The first-order valence-electron chi connectivity index (χ1n) is 9.48. The number of rotatable bonds is 4. The Balaban J connectivity index is 2.02. The second-order valence-electron chi connectivity index (χ2n) is 7.51. The summed E-state index contributed by atoms with van der Waals surface area (Å²) < 4.78 is 71.0. The minimum Gasteiger partial charge on any atom is -0.373 e. The quantitative estimate of drug-likeness (QED) is 0.674. The van der Waals surface area contributed by atoms with Crippen molar-refractivity contribution in [2.24, 2.45) is 0 Å². The van der Waals surface area contributed by atoms with E-state index in [9.17, 15) is 21.6 Å². The number of aryl methyl sites for hydroxylation is 2. The van der Waals surface area contributed by atoms with E-state index in [-0.39, 0.29) is 30.8 Å². The van der Waals surface area contributed by atoms with Crippen molar-refractivity contribution in [2.45, 2.75) is 62.0 Å². The molecule has 0 radical (unpaired) electrons. The Hall–Kier alpha value is -1.93. The summed E-state index contributed by atoms with van der Waals surface area (Å²) in [6, 6.07) is 7.72. The van der Waals surface area contributed by atoms with E-state index in [0.29, 0.717) is 0 Å². The molecule has 2 aromatic rings. The Labute approximate surface area is 169 Å². The van der Waals surface area contributed by atoms with Crippen LogP contribution in [0.3, 0.4) is 0 Å². The van der Waals surface area contributed by atoms with Gasteiger partial charge in [0.15, 0.2) is 9.84 Å². The summed E-state index contributed by atoms with van der Waals surface area (Å²) in [4.78, 5) is 4.13. The van der Waals surface area contributed by atoms with Crippen LogP contribution in [-0.2, 0) is 20.8 Å². The lowest BCUT2D eigenvalue weighted by molar-refractivity contribution is -0.137. The van der Waals surface area contributed by atoms with Crippen molar-refractivity contribution in [1.82, 2.24) is 4.98 Å². The van der Waals surface area contributed by atoms with E-state index >= 15 is 0 Å². The number of pyridine rings is 1. The average molecular weight is 427 g/mol. The van der Waals surface area contributed by atoms with E-state index in [1.54, 1.807) is 6.92 Å². The molecule has 1 aliphatic heterocycles. The molecule has 2 unspecified atom stereocenters. The Morgan fingerprint density at radius 3 is 2.55 bits per heavy atom. The second kappa shape index (κ2) is 7.72. The van der Waals surface area contributed by atoms with Gasteiger partial charge in [-0.2, -0.15) is 13.2 Å². The van der Waals surface area contributed by atoms with Crippen molar-refractivity contribution in [3.05, 3.63) is 58.9 Å². The Bertz CT molecular complexity index is 1000. The van der Waals surface area contributed by atoms with Crippen LogP contribution in [0, 0.1) is 13.8 Å². The summed E-state index contributed by atoms with van der Waals surface area (Å²) in [5, 5.41) is 0. The van der Waals surface area contributed by atoms with Crippen molar-refractivity contribution in [1.29, 1.82) is 0 Å². The predicted octanol–water partition coefficient (Wildman–Crippen LogP) is 5.19. The molecule has 3 rings (SSSR count). The van der Waals surface area contributed by atoms with Gasteiger partial charge in [0.1, 0.15) is 0 Å². The Morgan fingerprint density at radius 2 is 1.93 bits per heavy atom. The van der Waals surface area contributed by atoms with Crippen molar-refractivity contribution >= 4 is 9.84 Å². The maximum Gasteiger partial charge on any atom is 0.416 e. The third kappa shape index (κ3) is 4.05. The topological polar surface area (TPSA) is 56.3 Å². The summed E-state index contributed by atoms with van der Waals surface area (Å²) in [6.07, 6.45) is -4.39. The molecule has 158 valence electrons. The van der Waals surface area contributed by atoms with Gasteiger partial charge in [0, 0.05) is 23.6 Å². The van der Waals surface area contributed by atoms with Crippen LogP contribution in [0.5, 0.6) is 0 Å². The van der Waals surface area contributed by atoms with E-state index in [1.165, 1.54) is 6.07 Å². The maximum atomic E-state index is 13.5. The van der Waals surface area contributed by atoms with Gasteiger partial charge in [0.2, 0.25) is 0 Å². The normalized spacial score (nSPS) is 23.2. The van der Waals surface area contributed by atoms with Gasteiger partial charge in [-0.3, -0.25) is 4.98 Å². The lowest BCUT2D eigenvalue weighted by Gasteiger charge is -2.40. The van der Waals surface area contributed by atoms with E-state index < -0.39 is 32.4 Å². The first-order chi connectivity index (χ1) is 13.5. The monoisotopic (exact) mass is 427 g/mol. The zero-order valence-corrected chi connectivity index (χ0v) is 17.4. The van der Waals surface area contributed by atoms with E-state index in [2.05, 4.69) is 4.98 Å². The number of halogens is 3. The van der Waals surface area contributed by atoms with Crippen LogP contribution in [0.1, 0.15) is 54.8 Å². The fraction of sp³-hybridized carbons (Fsp3) is 0.476. The molecule has 2 atom stereocenters. The number of ether oxygens (including phenoxy) is 1. The van der Waals surface area contributed by atoms with Gasteiger partial charge in [-0.15, -0.1) is 0 Å². The van der Waals surface area contributed by atoms with Crippen molar-refractivity contribution in [3.8, 4) is 0 Å². The van der Waals surface area contributed by atoms with E-state index in [1.807, 2.05) is 26.0 Å². The number of benzene rings is 1. The summed E-state index contributed by atoms with van der Waals surface area (Å²) in [5.41, 5.74) is 1.46. The molecule has 0 aliphatic carbocycles. The van der Waals surface area contributed by atoms with Crippen molar-refractivity contribution in [3.63, 3.8) is 0 Å². The number of nitrogens with zero attached hydrogens (tertiary/aromatic N) is 1. The zero-order valence-electron chi connectivity index (χ0n) is 16.6. The highest BCUT2D eigenvalue weighted by atomic mass is 32.2. The fourth-order valence-corrected chi connectivity index (χ4v) is 6.11. The summed E-state index contributed by atoms with van der Waals surface area (Å²) in [6.45, 7) is 5.68. The molecule has 0 N–H and O–H groups in total. The second-order valence-corrected chi connectivity index (χ2v) is 9.85. The van der Waals surface area contributed by atoms with Gasteiger partial charge in [-0.1, -0.05) is 19.1 Å². The third-order valence-electron chi connectivity index (χ3n) is 5.73. The highest BCUT2D eigenvalue weighted by Crippen LogP contribution is 2.45. The predicted molar refractivity (Wildman–Crippen MR) is 103 cm³/mol. The van der Waals surface area contributed by atoms with Crippen LogP contribution in [0.25, 0.3) is 0 Å². The number of sulfone groups is 1. The van der Waals surface area contributed by atoms with Crippen LogP contribution in [0.4, 0.5) is 13.2 Å². The van der Waals surface area contributed by atoms with Crippen LogP contribution in [0.15, 0.2) is 41.3 Å². The van der Waals surface area contributed by atoms with Gasteiger partial charge in [-0.25, -0.2) is 8.42 Å². The summed E-state index contributed by atoms with van der Waals surface area (Å²) in [5.74, 6) is 0. The molecule has 29 heavy (non-hydrogen) atoms. The lowest BCUT2D eigenvalue weighted by atomic mass is 9.88. The molecular weight excluding hydrogens is 403 g/mol. The smallest absolute Gasteiger partial charge is 0.373 e. The van der Waals surface area contributed by atoms with Gasteiger partial charge >= 0.3 is 6.18 Å². The molecule has 2 heterocycles. The van der Waals surface area contributed by atoms with Crippen molar-refractivity contribution < 1.29 is 26.3 Å². The molecular formula is C21H24F3NO3S. The largest absolute Gasteiger partial charge is 0.416 e. The van der Waals surface area contributed by atoms with Crippen LogP contribution in [-0.4, -0.2) is 24.8 Å².